The van der Waals surface area contributed by atoms with Crippen LogP contribution in [0.2, 0.25) is 0 Å². The van der Waals surface area contributed by atoms with E-state index < -0.39 is 0 Å². The standard InChI is InChI=1S/C30H46O/c1-19(2)20-11-14-27(5)17-18-29(7)21(25(20)27)9-10-23-28(6)15-13-24(31)26(3,4)22(28)12-16-30(23,29)8/h13,15,20-23,25H,1,9-12,14,16-18H2,2-8H3/t20-,21+,22+,23+,25+,27+,28-,29+,30+/m0/s1. The maximum absolute atomic E-state index is 12.8. The first-order valence-electron chi connectivity index (χ1n) is 13.2. The number of allylic oxidation sites excluding steroid dienone is 3. The number of fused-ring (bicyclic) bond motifs is 7. The highest BCUT2D eigenvalue weighted by Gasteiger charge is 2.69. The highest BCUT2D eigenvalue weighted by atomic mass is 16.1. The van der Waals surface area contributed by atoms with E-state index >= 15 is 0 Å². The van der Waals surface area contributed by atoms with Gasteiger partial charge in [-0.2, -0.15) is 0 Å². The molecule has 0 aromatic heterocycles. The Hall–Kier alpha value is -0.850. The van der Waals surface area contributed by atoms with Gasteiger partial charge in [-0.05, 0) is 116 Å². The molecule has 0 spiro atoms. The monoisotopic (exact) mass is 422 g/mol. The van der Waals surface area contributed by atoms with Crippen LogP contribution >= 0.6 is 0 Å². The predicted molar refractivity (Wildman–Crippen MR) is 130 cm³/mol. The Morgan fingerprint density at radius 1 is 0.871 bits per heavy atom. The summed E-state index contributed by atoms with van der Waals surface area (Å²) in [6.45, 7) is 21.7. The summed E-state index contributed by atoms with van der Waals surface area (Å²) in [5.74, 6) is 3.91. The van der Waals surface area contributed by atoms with Crippen molar-refractivity contribution in [3.63, 3.8) is 0 Å². The molecule has 0 aromatic rings. The van der Waals surface area contributed by atoms with Crippen molar-refractivity contribution in [3.8, 4) is 0 Å². The molecule has 4 saturated carbocycles. The Balaban J connectivity index is 1.57. The normalized spacial score (nSPS) is 55.1. The molecule has 4 fully saturated rings. The van der Waals surface area contributed by atoms with E-state index in [0.717, 1.165) is 17.8 Å². The second-order valence-corrected chi connectivity index (χ2v) is 14.1. The van der Waals surface area contributed by atoms with Gasteiger partial charge in [0.05, 0.1) is 0 Å². The van der Waals surface area contributed by atoms with Gasteiger partial charge in [-0.15, -0.1) is 0 Å². The zero-order chi connectivity index (χ0) is 22.6. The van der Waals surface area contributed by atoms with Crippen molar-refractivity contribution in [1.82, 2.24) is 0 Å². The molecule has 0 aromatic carbocycles. The Morgan fingerprint density at radius 3 is 2.26 bits per heavy atom. The lowest BCUT2D eigenvalue weighted by Gasteiger charge is -2.71. The summed E-state index contributed by atoms with van der Waals surface area (Å²) in [6.07, 6.45) is 15.1. The van der Waals surface area contributed by atoms with Gasteiger partial charge in [-0.1, -0.05) is 59.8 Å². The van der Waals surface area contributed by atoms with E-state index in [1.165, 1.54) is 56.9 Å². The Bertz CT molecular complexity index is 848. The third kappa shape index (κ3) is 2.53. The topological polar surface area (TPSA) is 17.1 Å². The molecule has 5 rings (SSSR count). The first-order valence-corrected chi connectivity index (χ1v) is 13.2. The summed E-state index contributed by atoms with van der Waals surface area (Å²) in [4.78, 5) is 12.8. The number of hydrogen-bond donors (Lipinski definition) is 0. The average Bonchev–Trinajstić information content (AvgIpc) is 3.04. The highest BCUT2D eigenvalue weighted by Crippen LogP contribution is 2.76. The number of hydrogen-bond acceptors (Lipinski definition) is 1. The van der Waals surface area contributed by atoms with Gasteiger partial charge < -0.3 is 0 Å². The Morgan fingerprint density at radius 2 is 1.58 bits per heavy atom. The van der Waals surface area contributed by atoms with Gasteiger partial charge in [0.25, 0.3) is 0 Å². The number of ketones is 1. The predicted octanol–water partition coefficient (Wildman–Crippen LogP) is 8.01. The molecular weight excluding hydrogens is 376 g/mol. The van der Waals surface area contributed by atoms with Crippen molar-refractivity contribution in [1.29, 1.82) is 0 Å². The molecule has 0 unspecified atom stereocenters. The van der Waals surface area contributed by atoms with E-state index in [2.05, 4.69) is 61.1 Å². The summed E-state index contributed by atoms with van der Waals surface area (Å²) in [5.41, 5.74) is 2.68. The average molecular weight is 423 g/mol. The molecule has 1 nitrogen and oxygen atoms in total. The summed E-state index contributed by atoms with van der Waals surface area (Å²) >= 11 is 0. The van der Waals surface area contributed by atoms with E-state index in [-0.39, 0.29) is 10.8 Å². The van der Waals surface area contributed by atoms with Crippen molar-refractivity contribution in [2.75, 3.05) is 0 Å². The maximum Gasteiger partial charge on any atom is 0.161 e. The first-order chi connectivity index (χ1) is 14.3. The summed E-state index contributed by atoms with van der Waals surface area (Å²) in [5, 5.41) is 0. The van der Waals surface area contributed by atoms with Gasteiger partial charge in [0.1, 0.15) is 0 Å². The molecule has 0 bridgehead atoms. The van der Waals surface area contributed by atoms with Crippen LogP contribution in [-0.4, -0.2) is 5.78 Å². The zero-order valence-electron chi connectivity index (χ0n) is 21.3. The van der Waals surface area contributed by atoms with Gasteiger partial charge >= 0.3 is 0 Å². The molecule has 0 radical (unpaired) electrons. The van der Waals surface area contributed by atoms with Crippen LogP contribution in [-0.2, 0) is 4.79 Å². The van der Waals surface area contributed by atoms with Crippen LogP contribution in [0.1, 0.15) is 99.8 Å². The lowest BCUT2D eigenvalue weighted by molar-refractivity contribution is -0.216. The van der Waals surface area contributed by atoms with Crippen molar-refractivity contribution in [3.05, 3.63) is 24.3 Å². The van der Waals surface area contributed by atoms with Crippen molar-refractivity contribution in [2.24, 2.45) is 56.7 Å². The molecule has 0 heterocycles. The van der Waals surface area contributed by atoms with Crippen LogP contribution in [0.3, 0.4) is 0 Å². The second kappa shape index (κ2) is 6.38. The molecule has 172 valence electrons. The van der Waals surface area contributed by atoms with Crippen molar-refractivity contribution < 1.29 is 4.79 Å². The van der Waals surface area contributed by atoms with Crippen LogP contribution in [0.5, 0.6) is 0 Å². The van der Waals surface area contributed by atoms with E-state index in [4.69, 9.17) is 0 Å². The fourth-order valence-electron chi connectivity index (χ4n) is 10.8. The Kier molecular flexibility index (Phi) is 4.52. The smallest absolute Gasteiger partial charge is 0.161 e. The molecule has 0 N–H and O–H groups in total. The molecule has 5 aliphatic carbocycles. The van der Waals surface area contributed by atoms with E-state index in [1.54, 1.807) is 0 Å². The summed E-state index contributed by atoms with van der Waals surface area (Å²) < 4.78 is 0. The quantitative estimate of drug-likeness (QED) is 0.391. The minimum Gasteiger partial charge on any atom is -0.294 e. The number of carbonyl (C=O) groups excluding carboxylic acids is 1. The lowest BCUT2D eigenvalue weighted by Crippen LogP contribution is -2.65. The molecule has 31 heavy (non-hydrogen) atoms. The molecule has 0 saturated heterocycles. The zero-order valence-corrected chi connectivity index (χ0v) is 21.3. The van der Waals surface area contributed by atoms with Gasteiger partial charge in [0.2, 0.25) is 0 Å². The largest absolute Gasteiger partial charge is 0.294 e. The van der Waals surface area contributed by atoms with Crippen LogP contribution in [0.15, 0.2) is 24.3 Å². The number of rotatable bonds is 1. The Labute approximate surface area is 191 Å². The van der Waals surface area contributed by atoms with Gasteiger partial charge in [0, 0.05) is 5.41 Å². The molecule has 0 aliphatic heterocycles. The molecule has 1 heteroatoms. The van der Waals surface area contributed by atoms with Gasteiger partial charge in [-0.25, -0.2) is 0 Å². The third-order valence-electron chi connectivity index (χ3n) is 12.8. The second-order valence-electron chi connectivity index (χ2n) is 14.1. The minimum absolute atomic E-state index is 0.155. The SMILES string of the molecule is C=C(C)[C@@H]1CC[C@]2(C)CC[C@]3(C)[C@H](CC[C@@H]4[C@@]5(C)C=CC(=O)C(C)(C)[C@H]5CC[C@]43C)[C@@H]12. The summed E-state index contributed by atoms with van der Waals surface area (Å²) in [7, 11) is 0. The number of carbonyl (C=O) groups is 1. The molecule has 0 amide bonds. The molecule has 5 aliphatic rings. The van der Waals surface area contributed by atoms with Crippen LogP contribution in [0, 0.1) is 56.7 Å². The van der Waals surface area contributed by atoms with Gasteiger partial charge in [0.15, 0.2) is 5.78 Å². The van der Waals surface area contributed by atoms with Crippen LogP contribution in [0.4, 0.5) is 0 Å². The van der Waals surface area contributed by atoms with Crippen molar-refractivity contribution >= 4 is 5.78 Å². The minimum atomic E-state index is -0.218. The molecular formula is C30H46O. The summed E-state index contributed by atoms with van der Waals surface area (Å²) in [6, 6.07) is 0. The lowest BCUT2D eigenvalue weighted by atomic mass is 9.33. The highest BCUT2D eigenvalue weighted by molar-refractivity contribution is 5.95. The first kappa shape index (κ1) is 22.0. The maximum atomic E-state index is 12.8. The van der Waals surface area contributed by atoms with Crippen molar-refractivity contribution in [2.45, 2.75) is 99.8 Å². The third-order valence-corrected chi connectivity index (χ3v) is 12.8. The van der Waals surface area contributed by atoms with Gasteiger partial charge in [-0.3, -0.25) is 4.79 Å². The fourth-order valence-corrected chi connectivity index (χ4v) is 10.8. The van der Waals surface area contributed by atoms with Crippen LogP contribution < -0.4 is 0 Å². The fraction of sp³-hybridized carbons (Fsp3) is 0.833. The molecule has 9 atom stereocenters. The van der Waals surface area contributed by atoms with E-state index in [1.807, 2.05) is 6.08 Å². The van der Waals surface area contributed by atoms with E-state index in [9.17, 15) is 4.79 Å². The van der Waals surface area contributed by atoms with E-state index in [0.29, 0.717) is 33.9 Å². The van der Waals surface area contributed by atoms with Crippen LogP contribution in [0.25, 0.3) is 0 Å².